The second kappa shape index (κ2) is 6.42. The van der Waals surface area contributed by atoms with Crippen LogP contribution < -0.4 is 10.5 Å². The molecule has 0 fully saturated rings. The molecule has 0 spiro atoms. The number of anilines is 1. The van der Waals surface area contributed by atoms with E-state index in [9.17, 15) is 4.79 Å². The molecular weight excluding hydrogens is 326 g/mol. The SMILES string of the molecule is COc1ccc(Br)c(COC(=O)Cn2ccc(N)n2)c1. The van der Waals surface area contributed by atoms with Crippen molar-refractivity contribution in [3.8, 4) is 5.75 Å². The maximum Gasteiger partial charge on any atom is 0.328 e. The van der Waals surface area contributed by atoms with E-state index in [4.69, 9.17) is 15.2 Å². The van der Waals surface area contributed by atoms with Gasteiger partial charge in [0, 0.05) is 16.2 Å². The quantitative estimate of drug-likeness (QED) is 0.842. The zero-order chi connectivity index (χ0) is 14.5. The van der Waals surface area contributed by atoms with Gasteiger partial charge in [0.2, 0.25) is 0 Å². The highest BCUT2D eigenvalue weighted by Crippen LogP contribution is 2.23. The third-order valence-corrected chi connectivity index (χ3v) is 3.37. The van der Waals surface area contributed by atoms with Crippen molar-refractivity contribution in [2.45, 2.75) is 13.2 Å². The third kappa shape index (κ3) is 3.74. The van der Waals surface area contributed by atoms with E-state index >= 15 is 0 Å². The summed E-state index contributed by atoms with van der Waals surface area (Å²) in [6.07, 6.45) is 1.62. The summed E-state index contributed by atoms with van der Waals surface area (Å²) in [5.74, 6) is 0.690. The first-order chi connectivity index (χ1) is 9.58. The highest BCUT2D eigenvalue weighted by atomic mass is 79.9. The normalized spacial score (nSPS) is 10.3. The van der Waals surface area contributed by atoms with Crippen molar-refractivity contribution in [1.82, 2.24) is 9.78 Å². The van der Waals surface area contributed by atoms with Crippen LogP contribution in [0.25, 0.3) is 0 Å². The number of methoxy groups -OCH3 is 1. The molecule has 0 saturated heterocycles. The van der Waals surface area contributed by atoms with Crippen LogP contribution in [-0.4, -0.2) is 22.9 Å². The lowest BCUT2D eigenvalue weighted by Gasteiger charge is -2.08. The van der Waals surface area contributed by atoms with Crippen LogP contribution in [-0.2, 0) is 22.7 Å². The van der Waals surface area contributed by atoms with Gasteiger partial charge in [-0.1, -0.05) is 15.9 Å². The summed E-state index contributed by atoms with van der Waals surface area (Å²) < 4.78 is 12.6. The summed E-state index contributed by atoms with van der Waals surface area (Å²) >= 11 is 3.40. The summed E-state index contributed by atoms with van der Waals surface area (Å²) in [5.41, 5.74) is 6.30. The molecule has 2 aromatic rings. The molecule has 0 unspecified atom stereocenters. The Balaban J connectivity index is 1.93. The summed E-state index contributed by atoms with van der Waals surface area (Å²) in [6.45, 7) is 0.187. The maximum absolute atomic E-state index is 11.7. The van der Waals surface area contributed by atoms with Crippen molar-refractivity contribution in [3.63, 3.8) is 0 Å². The first-order valence-corrected chi connectivity index (χ1v) is 6.65. The number of carbonyl (C=O) groups is 1. The number of carbonyl (C=O) groups excluding carboxylic acids is 1. The molecule has 1 aromatic heterocycles. The number of hydrogen-bond donors (Lipinski definition) is 1. The summed E-state index contributed by atoms with van der Waals surface area (Å²) in [5, 5.41) is 3.91. The fourth-order valence-electron chi connectivity index (χ4n) is 1.59. The van der Waals surface area contributed by atoms with Crippen molar-refractivity contribution in [3.05, 3.63) is 40.5 Å². The Morgan fingerprint density at radius 1 is 1.45 bits per heavy atom. The molecule has 7 heteroatoms. The van der Waals surface area contributed by atoms with Crippen LogP contribution in [0.5, 0.6) is 5.75 Å². The molecule has 6 nitrogen and oxygen atoms in total. The van der Waals surface area contributed by atoms with Gasteiger partial charge in [0.05, 0.1) is 7.11 Å². The molecule has 0 bridgehead atoms. The zero-order valence-corrected chi connectivity index (χ0v) is 12.5. The number of hydrogen-bond acceptors (Lipinski definition) is 5. The molecule has 2 N–H and O–H groups in total. The second-order valence-electron chi connectivity index (χ2n) is 4.06. The molecule has 20 heavy (non-hydrogen) atoms. The standard InChI is InChI=1S/C13H14BrN3O3/c1-19-10-2-3-11(14)9(6-10)8-20-13(18)7-17-5-4-12(15)16-17/h2-6H,7-8H2,1H3,(H2,15,16). The van der Waals surface area contributed by atoms with Crippen molar-refractivity contribution in [2.75, 3.05) is 12.8 Å². The highest BCUT2D eigenvalue weighted by Gasteiger charge is 2.08. The van der Waals surface area contributed by atoms with Crippen LogP contribution in [0, 0.1) is 0 Å². The monoisotopic (exact) mass is 339 g/mol. The van der Waals surface area contributed by atoms with Crippen LogP contribution in [0.1, 0.15) is 5.56 Å². The van der Waals surface area contributed by atoms with Gasteiger partial charge in [-0.25, -0.2) is 0 Å². The molecule has 0 amide bonds. The van der Waals surface area contributed by atoms with E-state index in [1.165, 1.54) is 4.68 Å². The molecule has 0 aliphatic carbocycles. The number of rotatable bonds is 5. The molecule has 0 atom stereocenters. The first-order valence-electron chi connectivity index (χ1n) is 5.85. The number of nitrogens with zero attached hydrogens (tertiary/aromatic N) is 2. The number of benzene rings is 1. The molecule has 106 valence electrons. The summed E-state index contributed by atoms with van der Waals surface area (Å²) in [6, 6.07) is 7.09. The Hall–Kier alpha value is -2.02. The second-order valence-corrected chi connectivity index (χ2v) is 4.91. The molecule has 0 saturated carbocycles. The summed E-state index contributed by atoms with van der Waals surface area (Å²) in [4.78, 5) is 11.7. The van der Waals surface area contributed by atoms with Crippen LogP contribution >= 0.6 is 15.9 Å². The van der Waals surface area contributed by atoms with Crippen molar-refractivity contribution >= 4 is 27.7 Å². The Morgan fingerprint density at radius 2 is 2.25 bits per heavy atom. The number of esters is 1. The zero-order valence-electron chi connectivity index (χ0n) is 10.9. The molecule has 0 radical (unpaired) electrons. The van der Waals surface area contributed by atoms with E-state index in [0.717, 1.165) is 10.0 Å². The number of aromatic nitrogens is 2. The lowest BCUT2D eigenvalue weighted by molar-refractivity contribution is -0.145. The minimum absolute atomic E-state index is 0.0266. The first kappa shape index (κ1) is 14.4. The van der Waals surface area contributed by atoms with Gasteiger partial charge in [0.25, 0.3) is 0 Å². The predicted molar refractivity (Wildman–Crippen MR) is 77.1 cm³/mol. The van der Waals surface area contributed by atoms with Crippen molar-refractivity contribution in [1.29, 1.82) is 0 Å². The van der Waals surface area contributed by atoms with Gasteiger partial charge in [0.15, 0.2) is 0 Å². The Labute approximate surface area is 124 Å². The van der Waals surface area contributed by atoms with Crippen molar-refractivity contribution in [2.24, 2.45) is 0 Å². The van der Waals surface area contributed by atoms with Crippen LogP contribution in [0.3, 0.4) is 0 Å². The van der Waals surface area contributed by atoms with Gasteiger partial charge in [0.1, 0.15) is 24.7 Å². The average molecular weight is 340 g/mol. The number of ether oxygens (including phenoxy) is 2. The molecule has 1 heterocycles. The smallest absolute Gasteiger partial charge is 0.328 e. The predicted octanol–water partition coefficient (Wildman–Crippen LogP) is 1.98. The largest absolute Gasteiger partial charge is 0.497 e. The maximum atomic E-state index is 11.7. The van der Waals surface area contributed by atoms with Gasteiger partial charge >= 0.3 is 5.97 Å². The summed E-state index contributed by atoms with van der Waals surface area (Å²) in [7, 11) is 1.58. The van der Waals surface area contributed by atoms with Gasteiger partial charge in [-0.05, 0) is 24.3 Å². The van der Waals surface area contributed by atoms with Crippen LogP contribution in [0.2, 0.25) is 0 Å². The molecule has 0 aliphatic heterocycles. The fraction of sp³-hybridized carbons (Fsp3) is 0.231. The van der Waals surface area contributed by atoms with Gasteiger partial charge in [-0.2, -0.15) is 5.10 Å². The van der Waals surface area contributed by atoms with E-state index in [0.29, 0.717) is 11.6 Å². The lowest BCUT2D eigenvalue weighted by atomic mass is 10.2. The van der Waals surface area contributed by atoms with E-state index in [2.05, 4.69) is 21.0 Å². The fourth-order valence-corrected chi connectivity index (χ4v) is 1.95. The van der Waals surface area contributed by atoms with E-state index in [1.807, 2.05) is 18.2 Å². The highest BCUT2D eigenvalue weighted by molar-refractivity contribution is 9.10. The third-order valence-electron chi connectivity index (χ3n) is 2.59. The van der Waals surface area contributed by atoms with E-state index < -0.39 is 0 Å². The Bertz CT molecular complexity index is 613. The molecule has 1 aromatic carbocycles. The topological polar surface area (TPSA) is 79.4 Å². The van der Waals surface area contributed by atoms with Gasteiger partial charge < -0.3 is 15.2 Å². The van der Waals surface area contributed by atoms with Gasteiger partial charge in [-0.3, -0.25) is 9.48 Å². The van der Waals surface area contributed by atoms with Crippen molar-refractivity contribution < 1.29 is 14.3 Å². The average Bonchev–Trinajstić information content (AvgIpc) is 2.83. The van der Waals surface area contributed by atoms with Gasteiger partial charge in [-0.15, -0.1) is 0 Å². The minimum atomic E-state index is -0.386. The molecule has 0 aliphatic rings. The molecular formula is C13H14BrN3O3. The lowest BCUT2D eigenvalue weighted by Crippen LogP contribution is -2.14. The minimum Gasteiger partial charge on any atom is -0.497 e. The Morgan fingerprint density at radius 3 is 2.90 bits per heavy atom. The van der Waals surface area contributed by atoms with E-state index in [-0.39, 0.29) is 19.1 Å². The number of nitrogen functional groups attached to an aromatic ring is 1. The van der Waals surface area contributed by atoms with Crippen LogP contribution in [0.15, 0.2) is 34.9 Å². The number of halogens is 1. The number of nitrogens with two attached hydrogens (primary N) is 1. The van der Waals surface area contributed by atoms with E-state index in [1.54, 1.807) is 19.4 Å². The molecule has 2 rings (SSSR count). The Kier molecular flexibility index (Phi) is 4.62. The van der Waals surface area contributed by atoms with Crippen LogP contribution in [0.4, 0.5) is 5.82 Å².